The molecule has 1 aliphatic carbocycles. The molecule has 1 saturated carbocycles. The predicted octanol–water partition coefficient (Wildman–Crippen LogP) is 2.19. The van der Waals surface area contributed by atoms with Crippen molar-refractivity contribution in [1.82, 2.24) is 0 Å². The van der Waals surface area contributed by atoms with E-state index in [1.807, 2.05) is 12.1 Å². The lowest BCUT2D eigenvalue weighted by Gasteiger charge is -2.39. The van der Waals surface area contributed by atoms with Crippen LogP contribution in [0.15, 0.2) is 23.4 Å². The largest absolute Gasteiger partial charge is 0.409 e. The van der Waals surface area contributed by atoms with E-state index in [0.29, 0.717) is 22.7 Å². The quantitative estimate of drug-likeness (QED) is 0.380. The van der Waals surface area contributed by atoms with Gasteiger partial charge in [-0.05, 0) is 37.5 Å². The van der Waals surface area contributed by atoms with Crippen LogP contribution in [-0.4, -0.2) is 36.3 Å². The lowest BCUT2D eigenvalue weighted by atomic mass is 10.1. The number of hydrogen-bond donors (Lipinski definition) is 2. The Hall–Kier alpha value is -1.46. The number of oxime groups is 1. The van der Waals surface area contributed by atoms with Gasteiger partial charge < -0.3 is 20.6 Å². The van der Waals surface area contributed by atoms with E-state index in [0.717, 1.165) is 31.7 Å². The molecule has 2 unspecified atom stereocenters. The molecule has 2 aliphatic rings. The van der Waals surface area contributed by atoms with Crippen LogP contribution in [0.3, 0.4) is 0 Å². The molecule has 0 radical (unpaired) electrons. The van der Waals surface area contributed by atoms with Crippen molar-refractivity contribution in [2.24, 2.45) is 10.9 Å². The summed E-state index contributed by atoms with van der Waals surface area (Å²) in [5.74, 6) is 0.0687. The third kappa shape index (κ3) is 2.31. The SMILES string of the molecule is NC(=NO)c1ccc(N2CCOC3CCCC32)c(Cl)c1. The topological polar surface area (TPSA) is 71.1 Å². The minimum absolute atomic E-state index is 0.0687. The highest BCUT2D eigenvalue weighted by atomic mass is 35.5. The molecule has 20 heavy (non-hydrogen) atoms. The average molecular weight is 296 g/mol. The van der Waals surface area contributed by atoms with E-state index in [1.54, 1.807) is 6.07 Å². The Balaban J connectivity index is 1.90. The van der Waals surface area contributed by atoms with Gasteiger partial charge >= 0.3 is 0 Å². The Morgan fingerprint density at radius 3 is 3.05 bits per heavy atom. The van der Waals surface area contributed by atoms with Gasteiger partial charge in [-0.2, -0.15) is 0 Å². The third-order valence-electron chi connectivity index (χ3n) is 4.14. The normalized spacial score (nSPS) is 26.6. The zero-order valence-electron chi connectivity index (χ0n) is 11.1. The molecule has 2 atom stereocenters. The summed E-state index contributed by atoms with van der Waals surface area (Å²) in [4.78, 5) is 2.33. The van der Waals surface area contributed by atoms with Crippen LogP contribution in [0, 0.1) is 0 Å². The number of benzene rings is 1. The average Bonchev–Trinajstić information content (AvgIpc) is 2.95. The van der Waals surface area contributed by atoms with E-state index in [-0.39, 0.29) is 5.84 Å². The Bertz CT molecular complexity index is 535. The zero-order chi connectivity index (χ0) is 14.1. The molecular formula is C14H18ClN3O2. The van der Waals surface area contributed by atoms with Crippen LogP contribution in [0.2, 0.25) is 5.02 Å². The van der Waals surface area contributed by atoms with Gasteiger partial charge in [-0.3, -0.25) is 0 Å². The van der Waals surface area contributed by atoms with Gasteiger partial charge in [-0.1, -0.05) is 16.8 Å². The third-order valence-corrected chi connectivity index (χ3v) is 4.45. The standard InChI is InChI=1S/C14H18ClN3O2/c15-10-8-9(14(16)17-19)4-5-11(10)18-6-7-20-13-3-1-2-12(13)18/h4-5,8,12-13,19H,1-3,6-7H2,(H2,16,17). The summed E-state index contributed by atoms with van der Waals surface area (Å²) in [7, 11) is 0. The number of hydrogen-bond acceptors (Lipinski definition) is 4. The highest BCUT2D eigenvalue weighted by Gasteiger charge is 2.36. The Morgan fingerprint density at radius 2 is 2.30 bits per heavy atom. The smallest absolute Gasteiger partial charge is 0.170 e. The number of rotatable bonds is 2. The Morgan fingerprint density at radius 1 is 1.45 bits per heavy atom. The van der Waals surface area contributed by atoms with Crippen molar-refractivity contribution in [2.45, 2.75) is 31.4 Å². The van der Waals surface area contributed by atoms with Crippen molar-refractivity contribution in [3.8, 4) is 0 Å². The number of nitrogens with zero attached hydrogens (tertiary/aromatic N) is 2. The molecule has 1 aliphatic heterocycles. The molecule has 1 saturated heterocycles. The fourth-order valence-corrected chi connectivity index (χ4v) is 3.47. The van der Waals surface area contributed by atoms with Crippen molar-refractivity contribution in [2.75, 3.05) is 18.1 Å². The maximum Gasteiger partial charge on any atom is 0.170 e. The second kappa shape index (κ2) is 5.50. The van der Waals surface area contributed by atoms with Crippen LogP contribution >= 0.6 is 11.6 Å². The van der Waals surface area contributed by atoms with Gasteiger partial charge in [0, 0.05) is 12.1 Å². The van der Waals surface area contributed by atoms with Gasteiger partial charge in [0.1, 0.15) is 0 Å². The summed E-state index contributed by atoms with van der Waals surface area (Å²) in [6, 6.07) is 5.92. The van der Waals surface area contributed by atoms with Gasteiger partial charge in [-0.25, -0.2) is 0 Å². The van der Waals surface area contributed by atoms with Crippen molar-refractivity contribution in [3.05, 3.63) is 28.8 Å². The fourth-order valence-electron chi connectivity index (χ4n) is 3.18. The molecule has 1 aromatic rings. The maximum atomic E-state index is 8.71. The van der Waals surface area contributed by atoms with Gasteiger partial charge in [-0.15, -0.1) is 0 Å². The van der Waals surface area contributed by atoms with Crippen LogP contribution in [0.1, 0.15) is 24.8 Å². The molecule has 0 spiro atoms. The van der Waals surface area contributed by atoms with Crippen molar-refractivity contribution in [1.29, 1.82) is 0 Å². The molecule has 1 heterocycles. The van der Waals surface area contributed by atoms with E-state index < -0.39 is 0 Å². The van der Waals surface area contributed by atoms with Crippen LogP contribution in [0.4, 0.5) is 5.69 Å². The molecule has 2 fully saturated rings. The minimum Gasteiger partial charge on any atom is -0.409 e. The maximum absolute atomic E-state index is 8.71. The lowest BCUT2D eigenvalue weighted by Crippen LogP contribution is -2.48. The number of halogens is 1. The number of anilines is 1. The number of nitrogens with two attached hydrogens (primary N) is 1. The molecule has 0 bridgehead atoms. The molecule has 0 amide bonds. The van der Waals surface area contributed by atoms with Crippen molar-refractivity contribution < 1.29 is 9.94 Å². The molecule has 1 aromatic carbocycles. The van der Waals surface area contributed by atoms with Gasteiger partial charge in [0.15, 0.2) is 5.84 Å². The van der Waals surface area contributed by atoms with Crippen LogP contribution in [-0.2, 0) is 4.74 Å². The van der Waals surface area contributed by atoms with Crippen LogP contribution in [0.25, 0.3) is 0 Å². The number of ether oxygens (including phenoxy) is 1. The van der Waals surface area contributed by atoms with E-state index >= 15 is 0 Å². The van der Waals surface area contributed by atoms with E-state index in [1.165, 1.54) is 6.42 Å². The Labute approximate surface area is 122 Å². The summed E-state index contributed by atoms with van der Waals surface area (Å²) in [5, 5.41) is 12.3. The molecular weight excluding hydrogens is 278 g/mol. The second-order valence-corrected chi connectivity index (χ2v) is 5.66. The highest BCUT2D eigenvalue weighted by Crippen LogP contribution is 2.36. The molecule has 3 rings (SSSR count). The van der Waals surface area contributed by atoms with Crippen molar-refractivity contribution >= 4 is 23.1 Å². The fraction of sp³-hybridized carbons (Fsp3) is 0.500. The zero-order valence-corrected chi connectivity index (χ0v) is 11.9. The first-order chi connectivity index (χ1) is 9.70. The number of amidine groups is 1. The van der Waals surface area contributed by atoms with Gasteiger partial charge in [0.25, 0.3) is 0 Å². The first-order valence-electron chi connectivity index (χ1n) is 6.86. The van der Waals surface area contributed by atoms with E-state index in [4.69, 9.17) is 27.3 Å². The number of morpholine rings is 1. The summed E-state index contributed by atoms with van der Waals surface area (Å²) >= 11 is 6.38. The van der Waals surface area contributed by atoms with Gasteiger partial charge in [0.05, 0.1) is 29.5 Å². The molecule has 6 heteroatoms. The molecule has 5 nitrogen and oxygen atoms in total. The number of fused-ring (bicyclic) bond motifs is 1. The molecule has 108 valence electrons. The predicted molar refractivity (Wildman–Crippen MR) is 78.7 cm³/mol. The molecule has 0 aromatic heterocycles. The van der Waals surface area contributed by atoms with Crippen molar-refractivity contribution in [3.63, 3.8) is 0 Å². The first-order valence-corrected chi connectivity index (χ1v) is 7.24. The first kappa shape index (κ1) is 13.5. The second-order valence-electron chi connectivity index (χ2n) is 5.25. The minimum atomic E-state index is 0.0687. The van der Waals surface area contributed by atoms with Crippen LogP contribution < -0.4 is 10.6 Å². The highest BCUT2D eigenvalue weighted by molar-refractivity contribution is 6.33. The lowest BCUT2D eigenvalue weighted by molar-refractivity contribution is 0.0256. The molecule has 3 N–H and O–H groups in total. The van der Waals surface area contributed by atoms with Crippen LogP contribution in [0.5, 0.6) is 0 Å². The summed E-state index contributed by atoms with van der Waals surface area (Å²) in [5.41, 5.74) is 7.21. The summed E-state index contributed by atoms with van der Waals surface area (Å²) in [6.45, 7) is 1.59. The van der Waals surface area contributed by atoms with Gasteiger partial charge in [0.2, 0.25) is 0 Å². The summed E-state index contributed by atoms with van der Waals surface area (Å²) in [6.07, 6.45) is 3.79. The monoisotopic (exact) mass is 295 g/mol. The van der Waals surface area contributed by atoms with E-state index in [2.05, 4.69) is 10.1 Å². The van der Waals surface area contributed by atoms with E-state index in [9.17, 15) is 0 Å². The summed E-state index contributed by atoms with van der Waals surface area (Å²) < 4.78 is 5.82. The Kier molecular flexibility index (Phi) is 3.72.